The van der Waals surface area contributed by atoms with Gasteiger partial charge in [-0.25, -0.2) is 9.47 Å². The Morgan fingerprint density at radius 2 is 2.04 bits per heavy atom. The van der Waals surface area contributed by atoms with E-state index in [-0.39, 0.29) is 5.92 Å². The summed E-state index contributed by atoms with van der Waals surface area (Å²) in [6.07, 6.45) is 6.12. The van der Waals surface area contributed by atoms with Crippen LogP contribution in [0.3, 0.4) is 0 Å². The molecule has 0 radical (unpaired) electrons. The number of hydrogen-bond donors (Lipinski definition) is 3. The van der Waals surface area contributed by atoms with E-state index >= 15 is 0 Å². The van der Waals surface area contributed by atoms with Crippen molar-refractivity contribution < 1.29 is 4.63 Å². The lowest BCUT2D eigenvalue weighted by Crippen LogP contribution is -2.32. The highest BCUT2D eigenvalue weighted by atomic mass is 16.6. The van der Waals surface area contributed by atoms with Crippen LogP contribution in [0.15, 0.2) is 40.4 Å². The van der Waals surface area contributed by atoms with Crippen LogP contribution in [0.25, 0.3) is 15.9 Å². The van der Waals surface area contributed by atoms with Crippen LogP contribution in [0.4, 0.5) is 5.82 Å². The summed E-state index contributed by atoms with van der Waals surface area (Å²) >= 11 is 0. The lowest BCUT2D eigenvalue weighted by molar-refractivity contribution is 0.315. The molecule has 0 bridgehead atoms. The van der Waals surface area contributed by atoms with Crippen molar-refractivity contribution >= 4 is 16.9 Å². The molecule has 1 unspecified atom stereocenters. The van der Waals surface area contributed by atoms with Gasteiger partial charge in [0.2, 0.25) is 0 Å². The topological polar surface area (TPSA) is 96.0 Å². The number of fused-ring (bicyclic) bond motifs is 2. The average Bonchev–Trinajstić information content (AvgIpc) is 3.41. The Morgan fingerprint density at radius 1 is 1.18 bits per heavy atom. The molecule has 2 aromatic heterocycles. The largest absolute Gasteiger partial charge is 0.354 e. The summed E-state index contributed by atoms with van der Waals surface area (Å²) in [5.74, 6) is 0.957. The molecule has 1 aromatic carbocycles. The molecular formula is C20H21N7O. The second kappa shape index (κ2) is 6.77. The molecule has 0 saturated heterocycles. The molecule has 28 heavy (non-hydrogen) atoms. The Bertz CT molecular complexity index is 1080. The molecule has 1 aliphatic carbocycles. The van der Waals surface area contributed by atoms with Crippen molar-refractivity contribution in [1.29, 1.82) is 0 Å². The molecule has 1 fully saturated rings. The lowest BCUT2D eigenvalue weighted by Gasteiger charge is -2.34. The van der Waals surface area contributed by atoms with Gasteiger partial charge in [-0.2, -0.15) is 5.10 Å². The van der Waals surface area contributed by atoms with Crippen molar-refractivity contribution in [2.24, 2.45) is 5.92 Å². The number of allylic oxidation sites excluding steroid dienone is 2. The van der Waals surface area contributed by atoms with Crippen LogP contribution >= 0.6 is 0 Å². The number of aromatic amines is 1. The van der Waals surface area contributed by atoms with Crippen molar-refractivity contribution in [1.82, 2.24) is 25.8 Å². The predicted octanol–water partition coefficient (Wildman–Crippen LogP) is 3.41. The third kappa shape index (κ3) is 2.59. The first-order valence-corrected chi connectivity index (χ1v) is 9.60. The Labute approximate surface area is 162 Å². The number of aromatic nitrogens is 4. The molecule has 5 rings (SSSR count). The van der Waals surface area contributed by atoms with Gasteiger partial charge in [0, 0.05) is 17.3 Å². The second-order valence-electron chi connectivity index (χ2n) is 7.49. The number of nitrogens with zero attached hydrogens (tertiary/aromatic N) is 4. The molecule has 8 nitrogen and oxygen atoms in total. The quantitative estimate of drug-likeness (QED) is 0.607. The zero-order chi connectivity index (χ0) is 19.1. The molecule has 1 aliphatic heterocycles. The fourth-order valence-electron chi connectivity index (χ4n) is 4.60. The van der Waals surface area contributed by atoms with E-state index in [9.17, 15) is 0 Å². The van der Waals surface area contributed by atoms with Gasteiger partial charge in [0.25, 0.3) is 0 Å². The van der Waals surface area contributed by atoms with Gasteiger partial charge in [-0.15, -0.1) is 0 Å². The first-order chi connectivity index (χ1) is 13.8. The van der Waals surface area contributed by atoms with Crippen LogP contribution in [0, 0.1) is 12.5 Å². The van der Waals surface area contributed by atoms with Crippen LogP contribution < -0.4 is 10.6 Å². The van der Waals surface area contributed by atoms with Crippen LogP contribution in [0.2, 0.25) is 0 Å². The fraction of sp³-hybridized carbons (Fsp3) is 0.400. The zero-order valence-corrected chi connectivity index (χ0v) is 15.6. The highest BCUT2D eigenvalue weighted by molar-refractivity contribution is 5.80. The molecule has 3 aromatic rings. The number of anilines is 1. The Morgan fingerprint density at radius 3 is 2.82 bits per heavy atom. The molecule has 142 valence electrons. The molecule has 2 aliphatic rings. The summed E-state index contributed by atoms with van der Waals surface area (Å²) in [4.78, 5) is 4.00. The van der Waals surface area contributed by atoms with E-state index in [1.807, 2.05) is 25.2 Å². The minimum atomic E-state index is -0.236. The number of nitrogens with one attached hydrogen (secondary N) is 3. The molecule has 1 saturated carbocycles. The first kappa shape index (κ1) is 17.0. The monoisotopic (exact) mass is 375 g/mol. The van der Waals surface area contributed by atoms with Crippen molar-refractivity contribution in [2.75, 3.05) is 12.4 Å². The summed E-state index contributed by atoms with van der Waals surface area (Å²) in [6, 6.07) is 6.36. The van der Waals surface area contributed by atoms with Gasteiger partial charge >= 0.3 is 0 Å². The standard InChI is InChI=1S/C20H21N7O/c1-21-12-8-6-11(7-9-12)17-19(22-2)16(14-10-23-25-20(14)24-17)13-4-3-5-15-18(13)27-28-26-15/h3-5,10-12,16,21H,6-9H2,1H3,(H2,23,24,25). The summed E-state index contributed by atoms with van der Waals surface area (Å²) < 4.78 is 4.96. The van der Waals surface area contributed by atoms with E-state index in [2.05, 4.69) is 36.0 Å². The summed E-state index contributed by atoms with van der Waals surface area (Å²) in [6.45, 7) is 7.99. The lowest BCUT2D eigenvalue weighted by atomic mass is 9.78. The highest BCUT2D eigenvalue weighted by Crippen LogP contribution is 2.46. The van der Waals surface area contributed by atoms with Gasteiger partial charge in [-0.05, 0) is 60.6 Å². The average molecular weight is 375 g/mol. The number of rotatable bonds is 3. The summed E-state index contributed by atoms with van der Waals surface area (Å²) in [5, 5.41) is 22.2. The van der Waals surface area contributed by atoms with Gasteiger partial charge < -0.3 is 10.6 Å². The maximum atomic E-state index is 7.99. The smallest absolute Gasteiger partial charge is 0.196 e. The van der Waals surface area contributed by atoms with Gasteiger partial charge in [0.05, 0.1) is 18.7 Å². The molecule has 3 N–H and O–H groups in total. The minimum absolute atomic E-state index is 0.236. The third-order valence-electron chi connectivity index (χ3n) is 6.08. The third-order valence-corrected chi connectivity index (χ3v) is 6.08. The van der Waals surface area contributed by atoms with E-state index in [1.54, 1.807) is 6.20 Å². The predicted molar refractivity (Wildman–Crippen MR) is 104 cm³/mol. The van der Waals surface area contributed by atoms with Gasteiger partial charge in [-0.1, -0.05) is 12.1 Å². The number of benzene rings is 1. The SMILES string of the molecule is [C-]#[N+]C1=C(C2CCC(NC)CC2)Nc2[nH]ncc2C1c1cccc2nonc12. The van der Waals surface area contributed by atoms with E-state index in [0.29, 0.717) is 23.0 Å². The maximum absolute atomic E-state index is 7.99. The molecular weight excluding hydrogens is 354 g/mol. The summed E-state index contributed by atoms with van der Waals surface area (Å²) in [5.41, 5.74) is 5.00. The van der Waals surface area contributed by atoms with Crippen molar-refractivity contribution in [3.8, 4) is 0 Å². The van der Waals surface area contributed by atoms with Gasteiger partial charge in [0.15, 0.2) is 5.70 Å². The Balaban J connectivity index is 1.64. The number of hydrogen-bond acceptors (Lipinski definition) is 6. The molecule has 3 heterocycles. The van der Waals surface area contributed by atoms with Crippen molar-refractivity contribution in [3.63, 3.8) is 0 Å². The minimum Gasteiger partial charge on any atom is -0.354 e. The van der Waals surface area contributed by atoms with E-state index in [1.165, 1.54) is 0 Å². The van der Waals surface area contributed by atoms with Crippen LogP contribution in [0.5, 0.6) is 0 Å². The fourth-order valence-corrected chi connectivity index (χ4v) is 4.60. The van der Waals surface area contributed by atoms with Crippen molar-refractivity contribution in [3.05, 3.63) is 58.3 Å². The molecule has 0 amide bonds. The normalized spacial score (nSPS) is 24.6. The van der Waals surface area contributed by atoms with Crippen LogP contribution in [-0.2, 0) is 0 Å². The first-order valence-electron chi connectivity index (χ1n) is 9.60. The van der Waals surface area contributed by atoms with Gasteiger partial charge in [-0.3, -0.25) is 5.10 Å². The van der Waals surface area contributed by atoms with E-state index in [0.717, 1.165) is 54.0 Å². The van der Waals surface area contributed by atoms with E-state index in [4.69, 9.17) is 11.2 Å². The maximum Gasteiger partial charge on any atom is 0.196 e. The molecule has 8 heteroatoms. The molecule has 1 atom stereocenters. The molecule has 0 spiro atoms. The van der Waals surface area contributed by atoms with Crippen molar-refractivity contribution in [2.45, 2.75) is 37.6 Å². The Kier molecular flexibility index (Phi) is 4.10. The second-order valence-corrected chi connectivity index (χ2v) is 7.49. The van der Waals surface area contributed by atoms with Crippen LogP contribution in [0.1, 0.15) is 42.7 Å². The van der Waals surface area contributed by atoms with Gasteiger partial charge in [0.1, 0.15) is 16.9 Å². The zero-order valence-electron chi connectivity index (χ0n) is 15.6. The summed E-state index contributed by atoms with van der Waals surface area (Å²) in [7, 11) is 2.02. The van der Waals surface area contributed by atoms with E-state index < -0.39 is 0 Å². The Hall–Kier alpha value is -3.18. The van der Waals surface area contributed by atoms with Crippen LogP contribution in [-0.4, -0.2) is 33.6 Å². The highest BCUT2D eigenvalue weighted by Gasteiger charge is 2.36. The number of H-pyrrole nitrogens is 1.